The Morgan fingerprint density at radius 1 is 1.33 bits per heavy atom. The van der Waals surface area contributed by atoms with Gasteiger partial charge in [-0.3, -0.25) is 4.79 Å². The zero-order valence-corrected chi connectivity index (χ0v) is 13.9. The van der Waals surface area contributed by atoms with Crippen molar-refractivity contribution in [3.8, 4) is 0 Å². The molecule has 4 heteroatoms. The lowest BCUT2D eigenvalue weighted by atomic mass is 9.96. The lowest BCUT2D eigenvalue weighted by Gasteiger charge is -2.43. The number of rotatable bonds is 3. The Hall–Kier alpha value is -0.193. The number of hydrogen-bond donors (Lipinski definition) is 0. The molecule has 0 aromatic rings. The maximum atomic E-state index is 11.7. The molecule has 0 radical (unpaired) electrons. The van der Waals surface area contributed by atoms with Gasteiger partial charge in [-0.15, -0.1) is 0 Å². The second-order valence-corrected chi connectivity index (χ2v) is 11.9. The molecule has 0 aromatic heterocycles. The molecule has 1 heterocycles. The zero-order valence-electron chi connectivity index (χ0n) is 12.9. The maximum Gasteiger partial charge on any atom is 0.192 e. The quantitative estimate of drug-likeness (QED) is 0.739. The molecular formula is C14H28O3Si. The van der Waals surface area contributed by atoms with Crippen LogP contribution in [0, 0.1) is 5.92 Å². The van der Waals surface area contributed by atoms with Crippen molar-refractivity contribution in [2.24, 2.45) is 5.92 Å². The third-order valence-electron chi connectivity index (χ3n) is 4.19. The molecule has 1 rings (SSSR count). The van der Waals surface area contributed by atoms with Crippen LogP contribution >= 0.6 is 0 Å². The molecule has 18 heavy (non-hydrogen) atoms. The topological polar surface area (TPSA) is 35.5 Å². The molecule has 3 nitrogen and oxygen atoms in total. The van der Waals surface area contributed by atoms with Crippen LogP contribution in [0.5, 0.6) is 0 Å². The van der Waals surface area contributed by atoms with Gasteiger partial charge in [-0.1, -0.05) is 27.7 Å². The molecule has 3 atom stereocenters. The minimum atomic E-state index is -1.84. The van der Waals surface area contributed by atoms with Crippen LogP contribution in [0.25, 0.3) is 0 Å². The first-order valence-electron chi connectivity index (χ1n) is 6.84. The van der Waals surface area contributed by atoms with E-state index in [9.17, 15) is 4.79 Å². The summed E-state index contributed by atoms with van der Waals surface area (Å²) in [7, 11) is -1.84. The van der Waals surface area contributed by atoms with Gasteiger partial charge in [-0.2, -0.15) is 0 Å². The van der Waals surface area contributed by atoms with E-state index >= 15 is 0 Å². The lowest BCUT2D eigenvalue weighted by Crippen LogP contribution is -2.52. The molecule has 0 aliphatic carbocycles. The van der Waals surface area contributed by atoms with Crippen LogP contribution in [-0.2, 0) is 14.0 Å². The summed E-state index contributed by atoms with van der Waals surface area (Å²) < 4.78 is 12.1. The molecule has 106 valence electrons. The van der Waals surface area contributed by atoms with Crippen molar-refractivity contribution in [3.05, 3.63) is 0 Å². The Morgan fingerprint density at radius 3 is 2.33 bits per heavy atom. The highest BCUT2D eigenvalue weighted by molar-refractivity contribution is 6.74. The average Bonchev–Trinajstić information content (AvgIpc) is 2.14. The van der Waals surface area contributed by atoms with E-state index in [-0.39, 0.29) is 23.0 Å². The first-order chi connectivity index (χ1) is 8.04. The molecule has 1 fully saturated rings. The highest BCUT2D eigenvalue weighted by Gasteiger charge is 2.43. The Kier molecular flexibility index (Phi) is 4.79. The van der Waals surface area contributed by atoms with Gasteiger partial charge in [0, 0.05) is 0 Å². The van der Waals surface area contributed by atoms with Crippen molar-refractivity contribution in [1.29, 1.82) is 0 Å². The van der Waals surface area contributed by atoms with Gasteiger partial charge in [-0.05, 0) is 37.4 Å². The van der Waals surface area contributed by atoms with Crippen LogP contribution in [-0.4, -0.2) is 32.9 Å². The van der Waals surface area contributed by atoms with Crippen molar-refractivity contribution < 1.29 is 14.0 Å². The maximum absolute atomic E-state index is 11.7. The molecule has 0 unspecified atom stereocenters. The van der Waals surface area contributed by atoms with Crippen molar-refractivity contribution >= 4 is 14.1 Å². The summed E-state index contributed by atoms with van der Waals surface area (Å²) in [6.45, 7) is 15.5. The number of Topliss-reactive ketones (excluding diaryl/α,β-unsaturated/α-hetero) is 1. The van der Waals surface area contributed by atoms with E-state index in [0.717, 1.165) is 6.42 Å². The van der Waals surface area contributed by atoms with E-state index in [1.807, 2.05) is 0 Å². The summed E-state index contributed by atoms with van der Waals surface area (Å²) in [5.41, 5.74) is 0. The second kappa shape index (κ2) is 5.43. The van der Waals surface area contributed by atoms with Gasteiger partial charge in [0.25, 0.3) is 0 Å². The van der Waals surface area contributed by atoms with E-state index in [2.05, 4.69) is 40.8 Å². The highest BCUT2D eigenvalue weighted by atomic mass is 28.4. The summed E-state index contributed by atoms with van der Waals surface area (Å²) >= 11 is 0. The molecule has 0 aromatic carbocycles. The molecule has 0 amide bonds. The van der Waals surface area contributed by atoms with Gasteiger partial charge in [0.05, 0.1) is 12.7 Å². The number of carbonyl (C=O) groups excluding carboxylic acids is 1. The molecule has 0 N–H and O–H groups in total. The van der Waals surface area contributed by atoms with E-state index in [0.29, 0.717) is 12.5 Å². The predicted molar refractivity (Wildman–Crippen MR) is 76.3 cm³/mol. The van der Waals surface area contributed by atoms with Crippen LogP contribution in [0.3, 0.4) is 0 Å². The summed E-state index contributed by atoms with van der Waals surface area (Å²) in [6.07, 6.45) is 0.499. The van der Waals surface area contributed by atoms with Crippen molar-refractivity contribution in [3.63, 3.8) is 0 Å². The molecule has 0 spiro atoms. The highest BCUT2D eigenvalue weighted by Crippen LogP contribution is 2.39. The van der Waals surface area contributed by atoms with Crippen LogP contribution in [0.15, 0.2) is 0 Å². The first-order valence-corrected chi connectivity index (χ1v) is 9.75. The molecule has 0 bridgehead atoms. The van der Waals surface area contributed by atoms with Gasteiger partial charge in [0.15, 0.2) is 14.1 Å². The first kappa shape index (κ1) is 15.9. The average molecular weight is 272 g/mol. The van der Waals surface area contributed by atoms with Crippen LogP contribution < -0.4 is 0 Å². The van der Waals surface area contributed by atoms with Crippen molar-refractivity contribution in [2.45, 2.75) is 71.4 Å². The fourth-order valence-electron chi connectivity index (χ4n) is 2.01. The number of carbonyl (C=O) groups is 1. The smallest absolute Gasteiger partial charge is 0.192 e. The third-order valence-corrected chi connectivity index (χ3v) is 8.69. The third kappa shape index (κ3) is 3.65. The van der Waals surface area contributed by atoms with Crippen LogP contribution in [0.4, 0.5) is 0 Å². The van der Waals surface area contributed by atoms with Gasteiger partial charge in [0.2, 0.25) is 0 Å². The fourth-order valence-corrected chi connectivity index (χ4v) is 3.34. The Bertz CT molecular complexity index is 307. The molecular weight excluding hydrogens is 244 g/mol. The summed E-state index contributed by atoms with van der Waals surface area (Å²) in [5, 5.41) is 0.162. The van der Waals surface area contributed by atoms with E-state index in [4.69, 9.17) is 9.16 Å². The molecule has 1 aliphatic rings. The Morgan fingerprint density at radius 2 is 1.89 bits per heavy atom. The monoisotopic (exact) mass is 272 g/mol. The lowest BCUT2D eigenvalue weighted by molar-refractivity contribution is -0.144. The summed E-state index contributed by atoms with van der Waals surface area (Å²) in [6, 6.07) is 0. The summed E-state index contributed by atoms with van der Waals surface area (Å²) in [4.78, 5) is 11.7. The van der Waals surface area contributed by atoms with Gasteiger partial charge >= 0.3 is 0 Å². The van der Waals surface area contributed by atoms with Gasteiger partial charge in [0.1, 0.15) is 6.10 Å². The molecule has 0 saturated carbocycles. The largest absolute Gasteiger partial charge is 0.411 e. The second-order valence-electron chi connectivity index (χ2n) is 7.12. The van der Waals surface area contributed by atoms with E-state index < -0.39 is 8.32 Å². The molecule has 1 aliphatic heterocycles. The SMILES string of the molecule is CC(=O)[C@H]1OC[C@@H](C)C[C@@H]1O[Si](C)(C)C(C)(C)C. The van der Waals surface area contributed by atoms with Crippen LogP contribution in [0.1, 0.15) is 41.0 Å². The van der Waals surface area contributed by atoms with E-state index in [1.54, 1.807) is 6.92 Å². The standard InChI is InChI=1S/C14H28O3Si/c1-10-8-12(13(11(2)15)16-9-10)17-18(6,7)14(3,4)5/h10,12-13H,8-9H2,1-7H3/t10-,12-,13+/m0/s1. The Balaban J connectivity index is 2.81. The Labute approximate surface area is 112 Å². The number of ether oxygens (including phenoxy) is 1. The molecule has 1 saturated heterocycles. The van der Waals surface area contributed by atoms with Crippen LogP contribution in [0.2, 0.25) is 18.1 Å². The van der Waals surface area contributed by atoms with Gasteiger partial charge < -0.3 is 9.16 Å². The number of ketones is 1. The normalized spacial score (nSPS) is 30.3. The zero-order chi connectivity index (χ0) is 14.1. The predicted octanol–water partition coefficient (Wildman–Crippen LogP) is 3.39. The van der Waals surface area contributed by atoms with Gasteiger partial charge in [-0.25, -0.2) is 0 Å². The summed E-state index contributed by atoms with van der Waals surface area (Å²) in [5.74, 6) is 0.556. The fraction of sp³-hybridized carbons (Fsp3) is 0.929. The minimum Gasteiger partial charge on any atom is -0.411 e. The minimum absolute atomic E-state index is 0.0628. The van der Waals surface area contributed by atoms with E-state index in [1.165, 1.54) is 0 Å². The van der Waals surface area contributed by atoms with Crippen molar-refractivity contribution in [2.75, 3.05) is 6.61 Å². The number of hydrogen-bond acceptors (Lipinski definition) is 3. The van der Waals surface area contributed by atoms with Crippen molar-refractivity contribution in [1.82, 2.24) is 0 Å².